The third-order valence-corrected chi connectivity index (χ3v) is 4.21. The van der Waals surface area contributed by atoms with Crippen molar-refractivity contribution in [2.45, 2.75) is 39.8 Å². The van der Waals surface area contributed by atoms with Gasteiger partial charge in [0.1, 0.15) is 5.75 Å². The number of ether oxygens (including phenoxy) is 1. The third kappa shape index (κ3) is 6.35. The van der Waals surface area contributed by atoms with E-state index in [0.717, 1.165) is 17.4 Å². The highest BCUT2D eigenvalue weighted by Crippen LogP contribution is 2.22. The van der Waals surface area contributed by atoms with Crippen LogP contribution in [0.15, 0.2) is 24.3 Å². The highest BCUT2D eigenvalue weighted by molar-refractivity contribution is 7.99. The fourth-order valence-corrected chi connectivity index (χ4v) is 3.02. The molecule has 0 aliphatic carbocycles. The van der Waals surface area contributed by atoms with Crippen LogP contribution < -0.4 is 10.1 Å². The summed E-state index contributed by atoms with van der Waals surface area (Å²) in [4.78, 5) is 0. The van der Waals surface area contributed by atoms with Crippen molar-refractivity contribution in [2.75, 3.05) is 18.6 Å². The van der Waals surface area contributed by atoms with Gasteiger partial charge in [-0.05, 0) is 50.3 Å². The first-order chi connectivity index (χ1) is 9.02. The summed E-state index contributed by atoms with van der Waals surface area (Å²) in [5, 5.41) is 3.39. The Morgan fingerprint density at radius 2 is 1.68 bits per heavy atom. The SMILES string of the molecule is CNC(CSCC(C)C)c1ccc(OC(C)C)cc1. The molecule has 3 heteroatoms. The number of benzene rings is 1. The van der Waals surface area contributed by atoms with E-state index in [4.69, 9.17) is 4.74 Å². The van der Waals surface area contributed by atoms with Gasteiger partial charge in [0.2, 0.25) is 0 Å². The highest BCUT2D eigenvalue weighted by atomic mass is 32.2. The average molecular weight is 281 g/mol. The van der Waals surface area contributed by atoms with Gasteiger partial charge in [0.15, 0.2) is 0 Å². The van der Waals surface area contributed by atoms with Crippen LogP contribution in [0.5, 0.6) is 5.75 Å². The van der Waals surface area contributed by atoms with Gasteiger partial charge in [-0.15, -0.1) is 0 Å². The van der Waals surface area contributed by atoms with E-state index in [9.17, 15) is 0 Å². The average Bonchev–Trinajstić information content (AvgIpc) is 2.35. The van der Waals surface area contributed by atoms with E-state index in [1.807, 2.05) is 32.7 Å². The molecular weight excluding hydrogens is 254 g/mol. The Labute approximate surface area is 122 Å². The molecule has 1 rings (SSSR count). The van der Waals surface area contributed by atoms with E-state index in [2.05, 4.69) is 43.4 Å². The van der Waals surface area contributed by atoms with Gasteiger partial charge >= 0.3 is 0 Å². The van der Waals surface area contributed by atoms with Gasteiger partial charge in [0.25, 0.3) is 0 Å². The number of thioether (sulfide) groups is 1. The maximum atomic E-state index is 5.67. The molecule has 1 atom stereocenters. The van der Waals surface area contributed by atoms with Crippen molar-refractivity contribution in [3.05, 3.63) is 29.8 Å². The number of nitrogens with one attached hydrogen (secondary N) is 1. The largest absolute Gasteiger partial charge is 0.491 e. The lowest BCUT2D eigenvalue weighted by molar-refractivity contribution is 0.242. The maximum absolute atomic E-state index is 5.67. The standard InChI is InChI=1S/C16H27NOS/c1-12(2)10-19-11-16(17-5)14-6-8-15(9-7-14)18-13(3)4/h6-9,12-13,16-17H,10-11H2,1-5H3. The normalized spacial score (nSPS) is 13.0. The molecule has 1 aromatic carbocycles. The summed E-state index contributed by atoms with van der Waals surface area (Å²) in [7, 11) is 2.03. The van der Waals surface area contributed by atoms with E-state index in [1.165, 1.54) is 11.3 Å². The number of hydrogen-bond donors (Lipinski definition) is 1. The summed E-state index contributed by atoms with van der Waals surface area (Å²) in [6.07, 6.45) is 0.229. The summed E-state index contributed by atoms with van der Waals surface area (Å²) < 4.78 is 5.67. The molecule has 0 saturated carbocycles. The monoisotopic (exact) mass is 281 g/mol. The topological polar surface area (TPSA) is 21.3 Å². The van der Waals surface area contributed by atoms with Gasteiger partial charge in [0, 0.05) is 11.8 Å². The Bertz CT molecular complexity index is 348. The fraction of sp³-hybridized carbons (Fsp3) is 0.625. The molecule has 1 N–H and O–H groups in total. The minimum absolute atomic E-state index is 0.229. The Kier molecular flexibility index (Phi) is 7.32. The first-order valence-corrected chi connectivity index (χ1v) is 8.20. The highest BCUT2D eigenvalue weighted by Gasteiger charge is 2.10. The molecule has 108 valence electrons. The predicted molar refractivity (Wildman–Crippen MR) is 86.2 cm³/mol. The molecule has 0 aromatic heterocycles. The van der Waals surface area contributed by atoms with Crippen molar-refractivity contribution in [3.63, 3.8) is 0 Å². The lowest BCUT2D eigenvalue weighted by Crippen LogP contribution is -2.19. The second-order valence-electron chi connectivity index (χ2n) is 5.51. The molecule has 0 spiro atoms. The summed E-state index contributed by atoms with van der Waals surface area (Å²) in [6, 6.07) is 8.86. The Morgan fingerprint density at radius 1 is 1.05 bits per heavy atom. The van der Waals surface area contributed by atoms with Gasteiger partial charge in [-0.25, -0.2) is 0 Å². The summed E-state index contributed by atoms with van der Waals surface area (Å²) in [6.45, 7) is 8.62. The van der Waals surface area contributed by atoms with Crippen LogP contribution in [-0.4, -0.2) is 24.7 Å². The Morgan fingerprint density at radius 3 is 2.16 bits per heavy atom. The molecule has 0 aliphatic heterocycles. The molecule has 2 nitrogen and oxygen atoms in total. The van der Waals surface area contributed by atoms with E-state index in [-0.39, 0.29) is 6.10 Å². The van der Waals surface area contributed by atoms with Crippen molar-refractivity contribution in [3.8, 4) is 5.75 Å². The van der Waals surface area contributed by atoms with Crippen LogP contribution in [0.3, 0.4) is 0 Å². The second-order valence-corrected chi connectivity index (χ2v) is 6.58. The van der Waals surface area contributed by atoms with Crippen LogP contribution in [0.1, 0.15) is 39.3 Å². The van der Waals surface area contributed by atoms with Crippen molar-refractivity contribution in [1.29, 1.82) is 0 Å². The second kappa shape index (κ2) is 8.49. The van der Waals surface area contributed by atoms with E-state index >= 15 is 0 Å². The molecule has 0 heterocycles. The van der Waals surface area contributed by atoms with E-state index in [1.54, 1.807) is 0 Å². The van der Waals surface area contributed by atoms with E-state index in [0.29, 0.717) is 6.04 Å². The third-order valence-electron chi connectivity index (χ3n) is 2.74. The van der Waals surface area contributed by atoms with Gasteiger partial charge in [0.05, 0.1) is 6.10 Å². The van der Waals surface area contributed by atoms with Gasteiger partial charge in [-0.2, -0.15) is 11.8 Å². The molecule has 19 heavy (non-hydrogen) atoms. The van der Waals surface area contributed by atoms with Crippen molar-refractivity contribution in [1.82, 2.24) is 5.32 Å². The summed E-state index contributed by atoms with van der Waals surface area (Å²) in [5.74, 6) is 4.03. The first-order valence-electron chi connectivity index (χ1n) is 7.04. The lowest BCUT2D eigenvalue weighted by Gasteiger charge is -2.18. The van der Waals surface area contributed by atoms with Crippen LogP contribution in [0.25, 0.3) is 0 Å². The van der Waals surface area contributed by atoms with Crippen LogP contribution >= 0.6 is 11.8 Å². The van der Waals surface area contributed by atoms with Gasteiger partial charge < -0.3 is 10.1 Å². The van der Waals surface area contributed by atoms with Gasteiger partial charge in [-0.3, -0.25) is 0 Å². The molecule has 0 radical (unpaired) electrons. The van der Waals surface area contributed by atoms with Crippen LogP contribution in [0.4, 0.5) is 0 Å². The number of rotatable bonds is 8. The number of hydrogen-bond acceptors (Lipinski definition) is 3. The molecule has 0 amide bonds. The zero-order valence-electron chi connectivity index (χ0n) is 12.8. The Hall–Kier alpha value is -0.670. The zero-order valence-corrected chi connectivity index (χ0v) is 13.6. The van der Waals surface area contributed by atoms with Crippen LogP contribution in [0.2, 0.25) is 0 Å². The molecule has 0 aliphatic rings. The molecule has 0 saturated heterocycles. The molecule has 1 unspecified atom stereocenters. The van der Waals surface area contributed by atoms with Crippen molar-refractivity contribution in [2.24, 2.45) is 5.92 Å². The van der Waals surface area contributed by atoms with Crippen LogP contribution in [0, 0.1) is 5.92 Å². The van der Waals surface area contributed by atoms with Gasteiger partial charge in [-0.1, -0.05) is 26.0 Å². The first kappa shape index (κ1) is 16.4. The molecule has 0 fully saturated rings. The lowest BCUT2D eigenvalue weighted by atomic mass is 10.1. The quantitative estimate of drug-likeness (QED) is 0.774. The van der Waals surface area contributed by atoms with Crippen molar-refractivity contribution < 1.29 is 4.74 Å². The minimum atomic E-state index is 0.229. The van der Waals surface area contributed by atoms with Crippen LogP contribution in [-0.2, 0) is 0 Å². The summed E-state index contributed by atoms with van der Waals surface area (Å²) >= 11 is 2.01. The molecular formula is C16H27NOS. The molecule has 1 aromatic rings. The van der Waals surface area contributed by atoms with Crippen molar-refractivity contribution >= 4 is 11.8 Å². The smallest absolute Gasteiger partial charge is 0.119 e. The van der Waals surface area contributed by atoms with E-state index < -0.39 is 0 Å². The molecule has 0 bridgehead atoms. The summed E-state index contributed by atoms with van der Waals surface area (Å²) in [5.41, 5.74) is 1.33. The zero-order chi connectivity index (χ0) is 14.3. The minimum Gasteiger partial charge on any atom is -0.491 e. The Balaban J connectivity index is 2.55. The predicted octanol–water partition coefficient (Wildman–Crippen LogP) is 4.12. The maximum Gasteiger partial charge on any atom is 0.119 e. The fourth-order valence-electron chi connectivity index (χ4n) is 1.82.